The first-order valence-corrected chi connectivity index (χ1v) is 11.2. The Bertz CT molecular complexity index is 828. The van der Waals surface area contributed by atoms with E-state index in [1.165, 1.54) is 19.3 Å². The highest BCUT2D eigenvalue weighted by atomic mass is 16.2. The number of hydrogen-bond donors (Lipinski definition) is 1. The lowest BCUT2D eigenvalue weighted by molar-refractivity contribution is -0.141. The van der Waals surface area contributed by atoms with Crippen LogP contribution in [0.4, 0.5) is 0 Å². The Morgan fingerprint density at radius 1 is 1.00 bits per heavy atom. The SMILES string of the molecule is Cc1cccc(CN(C(=O)CCc2ccccc2)[C@@H](C)C(=O)NC2CCCCC2)c1. The maximum absolute atomic E-state index is 13.2. The summed E-state index contributed by atoms with van der Waals surface area (Å²) in [4.78, 5) is 27.9. The first-order chi connectivity index (χ1) is 14.5. The van der Waals surface area contributed by atoms with Crippen molar-refractivity contribution < 1.29 is 9.59 Å². The molecule has 1 aliphatic carbocycles. The van der Waals surface area contributed by atoms with Crippen LogP contribution in [0.1, 0.15) is 62.1 Å². The molecule has 3 rings (SSSR count). The van der Waals surface area contributed by atoms with E-state index < -0.39 is 6.04 Å². The minimum Gasteiger partial charge on any atom is -0.352 e. The Morgan fingerprint density at radius 3 is 2.40 bits per heavy atom. The molecule has 0 saturated heterocycles. The number of benzene rings is 2. The molecular formula is C26H34N2O2. The van der Waals surface area contributed by atoms with E-state index in [4.69, 9.17) is 0 Å². The highest BCUT2D eigenvalue weighted by Crippen LogP contribution is 2.19. The number of carbonyl (C=O) groups excluding carboxylic acids is 2. The van der Waals surface area contributed by atoms with Gasteiger partial charge in [-0.3, -0.25) is 9.59 Å². The van der Waals surface area contributed by atoms with Gasteiger partial charge in [0.1, 0.15) is 6.04 Å². The lowest BCUT2D eigenvalue weighted by Gasteiger charge is -2.31. The number of nitrogens with one attached hydrogen (secondary N) is 1. The number of hydrogen-bond acceptors (Lipinski definition) is 2. The average Bonchev–Trinajstić information content (AvgIpc) is 2.77. The van der Waals surface area contributed by atoms with Crippen molar-refractivity contribution in [1.29, 1.82) is 0 Å². The number of nitrogens with zero attached hydrogens (tertiary/aromatic N) is 1. The van der Waals surface area contributed by atoms with E-state index in [1.54, 1.807) is 4.90 Å². The van der Waals surface area contributed by atoms with Gasteiger partial charge in [0.2, 0.25) is 11.8 Å². The zero-order valence-electron chi connectivity index (χ0n) is 18.3. The fourth-order valence-corrected chi connectivity index (χ4v) is 4.20. The van der Waals surface area contributed by atoms with Gasteiger partial charge in [0, 0.05) is 19.0 Å². The summed E-state index contributed by atoms with van der Waals surface area (Å²) in [7, 11) is 0. The van der Waals surface area contributed by atoms with Crippen molar-refractivity contribution in [3.05, 3.63) is 71.3 Å². The molecule has 0 heterocycles. The summed E-state index contributed by atoms with van der Waals surface area (Å²) in [5, 5.41) is 3.19. The smallest absolute Gasteiger partial charge is 0.242 e. The number of aryl methyl sites for hydroxylation is 2. The number of carbonyl (C=O) groups is 2. The first-order valence-electron chi connectivity index (χ1n) is 11.2. The molecule has 0 unspecified atom stereocenters. The van der Waals surface area contributed by atoms with E-state index in [0.29, 0.717) is 19.4 Å². The molecule has 0 aromatic heterocycles. The van der Waals surface area contributed by atoms with Gasteiger partial charge >= 0.3 is 0 Å². The van der Waals surface area contributed by atoms with Gasteiger partial charge in [0.05, 0.1) is 0 Å². The van der Waals surface area contributed by atoms with Crippen LogP contribution in [0, 0.1) is 6.92 Å². The van der Waals surface area contributed by atoms with Gasteiger partial charge in [0.15, 0.2) is 0 Å². The van der Waals surface area contributed by atoms with E-state index in [1.807, 2.05) is 62.4 Å². The van der Waals surface area contributed by atoms with Crippen molar-refractivity contribution in [3.8, 4) is 0 Å². The van der Waals surface area contributed by atoms with Crippen molar-refractivity contribution in [2.24, 2.45) is 0 Å². The van der Waals surface area contributed by atoms with Gasteiger partial charge in [-0.05, 0) is 44.2 Å². The third-order valence-corrected chi connectivity index (χ3v) is 6.02. The Kier molecular flexibility index (Phi) is 8.06. The van der Waals surface area contributed by atoms with Gasteiger partial charge < -0.3 is 10.2 Å². The van der Waals surface area contributed by atoms with E-state index in [9.17, 15) is 9.59 Å². The van der Waals surface area contributed by atoms with Crippen LogP contribution in [0.15, 0.2) is 54.6 Å². The molecule has 4 nitrogen and oxygen atoms in total. The summed E-state index contributed by atoms with van der Waals surface area (Å²) in [5.74, 6) is -0.0192. The van der Waals surface area contributed by atoms with Gasteiger partial charge in [0.25, 0.3) is 0 Å². The van der Waals surface area contributed by atoms with Crippen molar-refractivity contribution in [2.45, 2.75) is 77.4 Å². The lowest BCUT2D eigenvalue weighted by atomic mass is 9.95. The maximum atomic E-state index is 13.2. The summed E-state index contributed by atoms with van der Waals surface area (Å²) in [6.45, 7) is 4.35. The minimum absolute atomic E-state index is 0.0200. The van der Waals surface area contributed by atoms with Crippen LogP contribution in [0.5, 0.6) is 0 Å². The van der Waals surface area contributed by atoms with Gasteiger partial charge in [-0.2, -0.15) is 0 Å². The van der Waals surface area contributed by atoms with Crippen LogP contribution in [0.2, 0.25) is 0 Å². The van der Waals surface area contributed by atoms with Crippen LogP contribution < -0.4 is 5.32 Å². The molecule has 2 aromatic carbocycles. The predicted octanol–water partition coefficient (Wildman–Crippen LogP) is 4.79. The largest absolute Gasteiger partial charge is 0.352 e. The molecule has 0 aliphatic heterocycles. The third kappa shape index (κ3) is 6.45. The summed E-state index contributed by atoms with van der Waals surface area (Å²) < 4.78 is 0. The molecule has 1 atom stereocenters. The van der Waals surface area contributed by atoms with Gasteiger partial charge in [-0.1, -0.05) is 79.4 Å². The third-order valence-electron chi connectivity index (χ3n) is 6.02. The summed E-state index contributed by atoms with van der Waals surface area (Å²) >= 11 is 0. The number of amides is 2. The predicted molar refractivity (Wildman–Crippen MR) is 121 cm³/mol. The van der Waals surface area contributed by atoms with Gasteiger partial charge in [-0.25, -0.2) is 0 Å². The second-order valence-corrected chi connectivity index (χ2v) is 8.52. The number of rotatable bonds is 8. The standard InChI is InChI=1S/C26H34N2O2/c1-20-10-9-13-23(18-20)19-28(25(29)17-16-22-11-5-3-6-12-22)21(2)26(30)27-24-14-7-4-8-15-24/h3,5-6,9-13,18,21,24H,4,7-8,14-17,19H2,1-2H3,(H,27,30)/t21-/m0/s1. The molecule has 160 valence electrons. The Morgan fingerprint density at radius 2 is 1.70 bits per heavy atom. The van der Waals surface area contributed by atoms with Crippen LogP contribution in [0.3, 0.4) is 0 Å². The fraction of sp³-hybridized carbons (Fsp3) is 0.462. The molecule has 1 aliphatic rings. The lowest BCUT2D eigenvalue weighted by Crippen LogP contribution is -2.50. The molecule has 0 radical (unpaired) electrons. The quantitative estimate of drug-likeness (QED) is 0.685. The highest BCUT2D eigenvalue weighted by Gasteiger charge is 2.27. The first kappa shape index (κ1) is 22.1. The molecule has 0 bridgehead atoms. The second-order valence-electron chi connectivity index (χ2n) is 8.52. The van der Waals surface area contributed by atoms with Crippen LogP contribution in [0.25, 0.3) is 0 Å². The topological polar surface area (TPSA) is 49.4 Å². The average molecular weight is 407 g/mol. The Hall–Kier alpha value is -2.62. The molecule has 0 spiro atoms. The van der Waals surface area contributed by atoms with Crippen LogP contribution in [-0.2, 0) is 22.6 Å². The zero-order chi connectivity index (χ0) is 21.3. The summed E-state index contributed by atoms with van der Waals surface area (Å²) in [6, 6.07) is 18.0. The molecule has 1 saturated carbocycles. The Labute approximate surface area is 180 Å². The fourth-order valence-electron chi connectivity index (χ4n) is 4.20. The molecule has 1 N–H and O–H groups in total. The molecule has 4 heteroatoms. The van der Waals surface area contributed by atoms with Crippen molar-refractivity contribution in [2.75, 3.05) is 0 Å². The zero-order valence-corrected chi connectivity index (χ0v) is 18.3. The maximum Gasteiger partial charge on any atom is 0.242 e. The summed E-state index contributed by atoms with van der Waals surface area (Å²) in [6.07, 6.45) is 6.75. The van der Waals surface area contributed by atoms with Crippen molar-refractivity contribution >= 4 is 11.8 Å². The molecular weight excluding hydrogens is 372 g/mol. The van der Waals surface area contributed by atoms with Crippen molar-refractivity contribution in [1.82, 2.24) is 10.2 Å². The highest BCUT2D eigenvalue weighted by molar-refractivity contribution is 5.87. The molecule has 2 amide bonds. The second kappa shape index (κ2) is 11.0. The summed E-state index contributed by atoms with van der Waals surface area (Å²) in [5.41, 5.74) is 3.35. The monoisotopic (exact) mass is 406 g/mol. The normalized spacial score (nSPS) is 15.4. The van der Waals surface area contributed by atoms with E-state index in [-0.39, 0.29) is 17.9 Å². The minimum atomic E-state index is -0.490. The molecule has 1 fully saturated rings. The van der Waals surface area contributed by atoms with Gasteiger partial charge in [-0.15, -0.1) is 0 Å². The molecule has 30 heavy (non-hydrogen) atoms. The van der Waals surface area contributed by atoms with Crippen LogP contribution in [-0.4, -0.2) is 28.8 Å². The Balaban J connectivity index is 1.69. The van der Waals surface area contributed by atoms with Crippen molar-refractivity contribution in [3.63, 3.8) is 0 Å². The van der Waals surface area contributed by atoms with E-state index >= 15 is 0 Å². The molecule has 2 aromatic rings. The van der Waals surface area contributed by atoms with E-state index in [0.717, 1.165) is 29.5 Å². The van der Waals surface area contributed by atoms with E-state index in [2.05, 4.69) is 11.4 Å². The van der Waals surface area contributed by atoms with Crippen LogP contribution >= 0.6 is 0 Å².